The second-order valence-corrected chi connectivity index (χ2v) is 6.57. The molecule has 140 valence electrons. The summed E-state index contributed by atoms with van der Waals surface area (Å²) in [6, 6.07) is 5.12. The number of amides is 4. The zero-order valence-electron chi connectivity index (χ0n) is 15.0. The van der Waals surface area contributed by atoms with Gasteiger partial charge in [-0.3, -0.25) is 9.59 Å². The van der Waals surface area contributed by atoms with Crippen LogP contribution in [0.5, 0.6) is 0 Å². The van der Waals surface area contributed by atoms with Gasteiger partial charge in [0, 0.05) is 43.9 Å². The van der Waals surface area contributed by atoms with Crippen LogP contribution in [0.15, 0.2) is 30.9 Å². The molecule has 26 heavy (non-hydrogen) atoms. The quantitative estimate of drug-likeness (QED) is 0.814. The van der Waals surface area contributed by atoms with E-state index >= 15 is 0 Å². The first-order valence-electron chi connectivity index (χ1n) is 8.29. The number of hydrogen-bond donors (Lipinski definition) is 1. The highest BCUT2D eigenvalue weighted by atomic mass is 35.5. The summed E-state index contributed by atoms with van der Waals surface area (Å²) in [6.45, 7) is 7.00. The van der Waals surface area contributed by atoms with E-state index in [1.807, 2.05) is 13.0 Å². The van der Waals surface area contributed by atoms with Crippen LogP contribution in [0.25, 0.3) is 0 Å². The molecule has 1 saturated heterocycles. The topological polar surface area (TPSA) is 73.0 Å². The van der Waals surface area contributed by atoms with E-state index in [1.165, 1.54) is 11.0 Å². The Balaban J connectivity index is 1.84. The highest BCUT2D eigenvalue weighted by Crippen LogP contribution is 2.20. The number of anilines is 1. The van der Waals surface area contributed by atoms with Gasteiger partial charge in [-0.1, -0.05) is 24.2 Å². The first-order valence-corrected chi connectivity index (χ1v) is 8.67. The van der Waals surface area contributed by atoms with Crippen LogP contribution in [0, 0.1) is 6.92 Å². The zero-order chi connectivity index (χ0) is 19.3. The Hall–Kier alpha value is -2.54. The monoisotopic (exact) mass is 378 g/mol. The van der Waals surface area contributed by atoms with Gasteiger partial charge in [0.2, 0.25) is 11.8 Å². The molecule has 0 spiro atoms. The number of urea groups is 1. The van der Waals surface area contributed by atoms with Crippen molar-refractivity contribution in [2.75, 3.05) is 45.1 Å². The molecule has 4 amide bonds. The fourth-order valence-electron chi connectivity index (χ4n) is 2.57. The predicted molar refractivity (Wildman–Crippen MR) is 101 cm³/mol. The lowest BCUT2D eigenvalue weighted by Crippen LogP contribution is -2.53. The fourth-order valence-corrected chi connectivity index (χ4v) is 2.75. The number of nitrogens with one attached hydrogen (secondary N) is 1. The smallest absolute Gasteiger partial charge is 0.321 e. The van der Waals surface area contributed by atoms with Gasteiger partial charge >= 0.3 is 6.03 Å². The normalized spacial score (nSPS) is 14.0. The summed E-state index contributed by atoms with van der Waals surface area (Å²) in [4.78, 5) is 40.7. The van der Waals surface area contributed by atoms with Crippen molar-refractivity contribution in [3.05, 3.63) is 41.4 Å². The van der Waals surface area contributed by atoms with Crippen LogP contribution in [0.4, 0.5) is 10.5 Å². The third-order valence-electron chi connectivity index (χ3n) is 4.27. The minimum Gasteiger partial charge on any atom is -0.338 e. The number of likely N-dealkylation sites (N-methyl/N-ethyl adjacent to an activating group) is 1. The van der Waals surface area contributed by atoms with Crippen LogP contribution < -0.4 is 5.32 Å². The first kappa shape index (κ1) is 19.8. The van der Waals surface area contributed by atoms with E-state index in [9.17, 15) is 14.4 Å². The molecule has 7 nitrogen and oxygen atoms in total. The molecule has 0 aromatic heterocycles. The molecule has 1 aliphatic rings. The van der Waals surface area contributed by atoms with Crippen molar-refractivity contribution in [2.24, 2.45) is 0 Å². The second-order valence-electron chi connectivity index (χ2n) is 6.16. The van der Waals surface area contributed by atoms with E-state index in [0.717, 1.165) is 5.56 Å². The lowest BCUT2D eigenvalue weighted by Gasteiger charge is -2.35. The highest BCUT2D eigenvalue weighted by molar-refractivity contribution is 6.31. The van der Waals surface area contributed by atoms with Gasteiger partial charge in [0.25, 0.3) is 0 Å². The minimum absolute atomic E-state index is 0.00108. The maximum atomic E-state index is 12.4. The number of nitrogens with zero attached hydrogens (tertiary/aromatic N) is 3. The average Bonchev–Trinajstić information content (AvgIpc) is 2.64. The van der Waals surface area contributed by atoms with E-state index in [4.69, 9.17) is 11.6 Å². The van der Waals surface area contributed by atoms with E-state index in [1.54, 1.807) is 29.0 Å². The summed E-state index contributed by atoms with van der Waals surface area (Å²) in [5, 5.41) is 3.41. The Bertz CT molecular complexity index is 714. The van der Waals surface area contributed by atoms with Crippen molar-refractivity contribution in [2.45, 2.75) is 6.92 Å². The minimum atomic E-state index is -0.298. The molecule has 0 atom stereocenters. The average molecular weight is 379 g/mol. The number of carbonyl (C=O) groups excluding carboxylic acids is 3. The molecule has 1 fully saturated rings. The first-order chi connectivity index (χ1) is 12.3. The van der Waals surface area contributed by atoms with Crippen molar-refractivity contribution in [1.29, 1.82) is 0 Å². The van der Waals surface area contributed by atoms with Crippen molar-refractivity contribution >= 4 is 35.1 Å². The molecule has 0 unspecified atom stereocenters. The molecule has 2 rings (SSSR count). The summed E-state index contributed by atoms with van der Waals surface area (Å²) in [6.07, 6.45) is 1.17. The molecular formula is C18H23ClN4O3. The van der Waals surface area contributed by atoms with Crippen molar-refractivity contribution in [3.63, 3.8) is 0 Å². The number of benzene rings is 1. The SMILES string of the molecule is C=CC(=O)N(C)CC(=O)N1CCN(C(=O)Nc2ccc(C)c(Cl)c2)CC1. The number of piperazine rings is 1. The number of carbonyl (C=O) groups is 3. The molecule has 0 aliphatic carbocycles. The molecule has 0 radical (unpaired) electrons. The van der Waals surface area contributed by atoms with Gasteiger partial charge in [0.05, 0.1) is 6.54 Å². The Kier molecular flexibility index (Phi) is 6.63. The molecule has 1 aromatic carbocycles. The lowest BCUT2D eigenvalue weighted by atomic mass is 10.2. The predicted octanol–water partition coefficient (Wildman–Crippen LogP) is 1.97. The van der Waals surface area contributed by atoms with Crippen LogP contribution in [0.2, 0.25) is 5.02 Å². The molecule has 8 heteroatoms. The summed E-state index contributed by atoms with van der Waals surface area (Å²) < 4.78 is 0. The third kappa shape index (κ3) is 4.98. The molecule has 1 N–H and O–H groups in total. The number of rotatable bonds is 4. The maximum Gasteiger partial charge on any atom is 0.321 e. The molecule has 1 aromatic rings. The molecule has 1 heterocycles. The largest absolute Gasteiger partial charge is 0.338 e. The van der Waals surface area contributed by atoms with Gasteiger partial charge in [0.1, 0.15) is 0 Å². The second kappa shape index (κ2) is 8.71. The van der Waals surface area contributed by atoms with Gasteiger partial charge < -0.3 is 20.0 Å². The zero-order valence-corrected chi connectivity index (χ0v) is 15.8. The van der Waals surface area contributed by atoms with Crippen molar-refractivity contribution in [1.82, 2.24) is 14.7 Å². The lowest BCUT2D eigenvalue weighted by molar-refractivity contribution is -0.138. The number of aryl methyl sites for hydroxylation is 1. The summed E-state index contributed by atoms with van der Waals surface area (Å²) >= 11 is 6.07. The number of halogens is 1. The Labute approximate surface area is 158 Å². The van der Waals surface area contributed by atoms with E-state index in [0.29, 0.717) is 36.9 Å². The Morgan fingerprint density at radius 2 is 1.85 bits per heavy atom. The van der Waals surface area contributed by atoms with Gasteiger partial charge in [-0.2, -0.15) is 0 Å². The third-order valence-corrected chi connectivity index (χ3v) is 4.67. The van der Waals surface area contributed by atoms with Crippen molar-refractivity contribution in [3.8, 4) is 0 Å². The number of hydrogen-bond acceptors (Lipinski definition) is 3. The summed E-state index contributed by atoms with van der Waals surface area (Å²) in [7, 11) is 1.55. The molecule has 0 saturated carbocycles. The molecular weight excluding hydrogens is 356 g/mol. The van der Waals surface area contributed by atoms with Crippen LogP contribution in [-0.4, -0.2) is 72.3 Å². The van der Waals surface area contributed by atoms with E-state index in [-0.39, 0.29) is 24.4 Å². The van der Waals surface area contributed by atoms with E-state index < -0.39 is 0 Å². The summed E-state index contributed by atoms with van der Waals surface area (Å²) in [5.74, 6) is -0.443. The van der Waals surface area contributed by atoms with Crippen LogP contribution in [0.1, 0.15) is 5.56 Å². The van der Waals surface area contributed by atoms with E-state index in [2.05, 4.69) is 11.9 Å². The van der Waals surface area contributed by atoms with Gasteiger partial charge in [-0.05, 0) is 30.7 Å². The Morgan fingerprint density at radius 1 is 1.23 bits per heavy atom. The van der Waals surface area contributed by atoms with Gasteiger partial charge in [-0.15, -0.1) is 0 Å². The summed E-state index contributed by atoms with van der Waals surface area (Å²) in [5.41, 5.74) is 1.57. The van der Waals surface area contributed by atoms with Crippen molar-refractivity contribution < 1.29 is 14.4 Å². The maximum absolute atomic E-state index is 12.4. The fraction of sp³-hybridized carbons (Fsp3) is 0.389. The molecule has 0 bridgehead atoms. The van der Waals surface area contributed by atoms with Gasteiger partial charge in [-0.25, -0.2) is 4.79 Å². The highest BCUT2D eigenvalue weighted by Gasteiger charge is 2.25. The standard InChI is InChI=1S/C18H23ClN4O3/c1-4-16(24)21(3)12-17(25)22-7-9-23(10-8-22)18(26)20-14-6-5-13(2)15(19)11-14/h4-6,11H,1,7-10,12H2,2-3H3,(H,20,26). The van der Waals surface area contributed by atoms with Gasteiger partial charge in [0.15, 0.2) is 0 Å². The molecule has 1 aliphatic heterocycles. The van der Waals surface area contributed by atoms with Crippen LogP contribution >= 0.6 is 11.6 Å². The van der Waals surface area contributed by atoms with Crippen LogP contribution in [0.3, 0.4) is 0 Å². The Morgan fingerprint density at radius 3 is 2.42 bits per heavy atom. The van der Waals surface area contributed by atoms with Crippen LogP contribution in [-0.2, 0) is 9.59 Å².